The molecule has 2 N–H and O–H groups in total. The highest BCUT2D eigenvalue weighted by Gasteiger charge is 2.48. The molecule has 7 nitrogen and oxygen atoms in total. The van der Waals surface area contributed by atoms with Crippen LogP contribution in [0, 0.1) is 0 Å². The second kappa shape index (κ2) is 9.43. The number of ether oxygens (including phenoxy) is 2. The van der Waals surface area contributed by atoms with Crippen LogP contribution in [0.25, 0.3) is 0 Å². The lowest BCUT2D eigenvalue weighted by molar-refractivity contribution is -0.124. The van der Waals surface area contributed by atoms with E-state index in [2.05, 4.69) is 10.6 Å². The molecule has 0 saturated carbocycles. The quantitative estimate of drug-likeness (QED) is 0.705. The number of piperidine rings is 1. The average molecular weight is 407 g/mol. The van der Waals surface area contributed by atoms with Crippen LogP contribution in [0.15, 0.2) is 24.3 Å². The van der Waals surface area contributed by atoms with Gasteiger partial charge in [0.1, 0.15) is 17.6 Å². The predicted molar refractivity (Wildman–Crippen MR) is 103 cm³/mol. The summed E-state index contributed by atoms with van der Waals surface area (Å²) >= 11 is 0. The Morgan fingerprint density at radius 2 is 1.92 bits per heavy atom. The zero-order chi connectivity index (χ0) is 18.5. The zero-order valence-corrected chi connectivity index (χ0v) is 16.9. The minimum atomic E-state index is -3.51. The lowest BCUT2D eigenvalue weighted by Gasteiger charge is -2.34. The van der Waals surface area contributed by atoms with Crippen LogP contribution >= 0.6 is 12.4 Å². The van der Waals surface area contributed by atoms with E-state index in [4.69, 9.17) is 9.47 Å². The molecular formula is C17H27ClN2O5S. The molecule has 1 aromatic carbocycles. The SMILES string of the molecule is COc1cccc(OC(C)CNC(=O)C2(S(C)(=O)=O)CCNCC2)c1.Cl. The number of carbonyl (C=O) groups excluding carboxylic acids is 1. The average Bonchev–Trinajstić information content (AvgIpc) is 2.59. The molecule has 148 valence electrons. The summed E-state index contributed by atoms with van der Waals surface area (Å²) < 4.78 is 34.0. The molecule has 1 aliphatic heterocycles. The molecule has 1 atom stereocenters. The van der Waals surface area contributed by atoms with Crippen molar-refractivity contribution in [3.05, 3.63) is 24.3 Å². The van der Waals surface area contributed by atoms with Crippen molar-refractivity contribution in [2.24, 2.45) is 0 Å². The maximum atomic E-state index is 12.6. The third-order valence-corrected chi connectivity index (χ3v) is 6.48. The largest absolute Gasteiger partial charge is 0.497 e. The van der Waals surface area contributed by atoms with Gasteiger partial charge in [0.05, 0.1) is 13.7 Å². The third-order valence-electron chi connectivity index (χ3n) is 4.46. The number of carbonyl (C=O) groups is 1. The van der Waals surface area contributed by atoms with Crippen molar-refractivity contribution in [2.45, 2.75) is 30.6 Å². The molecule has 0 radical (unpaired) electrons. The highest BCUT2D eigenvalue weighted by molar-refractivity contribution is 7.92. The first kappa shape index (κ1) is 22.5. The molecule has 2 rings (SSSR count). The Morgan fingerprint density at radius 1 is 1.31 bits per heavy atom. The van der Waals surface area contributed by atoms with Gasteiger partial charge in [-0.1, -0.05) is 6.07 Å². The first-order valence-electron chi connectivity index (χ1n) is 8.28. The molecule has 1 aliphatic rings. The summed E-state index contributed by atoms with van der Waals surface area (Å²) in [5.41, 5.74) is 0. The predicted octanol–water partition coefficient (Wildman–Crippen LogP) is 1.17. The molecule has 1 aromatic rings. The lowest BCUT2D eigenvalue weighted by atomic mass is 9.96. The number of rotatable bonds is 7. The van der Waals surface area contributed by atoms with Crippen LogP contribution in [0.5, 0.6) is 11.5 Å². The fourth-order valence-electron chi connectivity index (χ4n) is 2.94. The van der Waals surface area contributed by atoms with Gasteiger partial charge < -0.3 is 20.1 Å². The Balaban J connectivity index is 0.00000338. The molecule has 0 spiro atoms. The van der Waals surface area contributed by atoms with E-state index in [9.17, 15) is 13.2 Å². The highest BCUT2D eigenvalue weighted by Crippen LogP contribution is 2.28. The maximum Gasteiger partial charge on any atom is 0.241 e. The normalized spacial score (nSPS) is 17.5. The number of amides is 1. The number of nitrogens with one attached hydrogen (secondary N) is 2. The smallest absolute Gasteiger partial charge is 0.241 e. The molecule has 1 fully saturated rings. The number of hydrogen-bond acceptors (Lipinski definition) is 6. The van der Waals surface area contributed by atoms with E-state index in [1.165, 1.54) is 0 Å². The molecule has 0 aliphatic carbocycles. The fraction of sp³-hybridized carbons (Fsp3) is 0.588. The number of methoxy groups -OCH3 is 1. The van der Waals surface area contributed by atoms with Crippen LogP contribution in [0.3, 0.4) is 0 Å². The molecular weight excluding hydrogens is 380 g/mol. The molecule has 0 bridgehead atoms. The molecule has 9 heteroatoms. The summed E-state index contributed by atoms with van der Waals surface area (Å²) in [5, 5.41) is 5.84. The van der Waals surface area contributed by atoms with Gasteiger partial charge in [-0.25, -0.2) is 8.42 Å². The zero-order valence-electron chi connectivity index (χ0n) is 15.3. The van der Waals surface area contributed by atoms with E-state index in [1.807, 2.05) is 19.1 Å². The molecule has 1 saturated heterocycles. The Labute approximate surface area is 161 Å². The summed E-state index contributed by atoms with van der Waals surface area (Å²) in [5.74, 6) is 0.859. The van der Waals surface area contributed by atoms with Crippen molar-refractivity contribution in [1.82, 2.24) is 10.6 Å². The standard InChI is InChI=1S/C17H26N2O5S.ClH/c1-13(24-15-6-4-5-14(11-15)23-2)12-19-16(20)17(25(3,21)22)7-9-18-10-8-17;/h4-6,11,13,18H,7-10,12H2,1-3H3,(H,19,20);1H. The Kier molecular flexibility index (Phi) is 8.17. The summed E-state index contributed by atoms with van der Waals surface area (Å²) in [6.07, 6.45) is 1.38. The van der Waals surface area contributed by atoms with Gasteiger partial charge in [0.2, 0.25) is 5.91 Å². The second-order valence-corrected chi connectivity index (χ2v) is 8.66. The van der Waals surface area contributed by atoms with Crippen LogP contribution in [-0.2, 0) is 14.6 Å². The highest BCUT2D eigenvalue weighted by atomic mass is 35.5. The molecule has 26 heavy (non-hydrogen) atoms. The van der Waals surface area contributed by atoms with E-state index in [0.29, 0.717) is 24.6 Å². The third kappa shape index (κ3) is 5.25. The van der Waals surface area contributed by atoms with Gasteiger partial charge in [0.15, 0.2) is 14.6 Å². The minimum absolute atomic E-state index is 0. The summed E-state index contributed by atoms with van der Waals surface area (Å²) in [4.78, 5) is 12.6. The van der Waals surface area contributed by atoms with E-state index in [-0.39, 0.29) is 37.9 Å². The van der Waals surface area contributed by atoms with E-state index < -0.39 is 20.5 Å². The lowest BCUT2D eigenvalue weighted by Crippen LogP contribution is -2.58. The minimum Gasteiger partial charge on any atom is -0.497 e. The van der Waals surface area contributed by atoms with Crippen LogP contribution in [-0.4, -0.2) is 58.2 Å². The fourth-order valence-corrected chi connectivity index (χ4v) is 4.30. The van der Waals surface area contributed by atoms with E-state index in [0.717, 1.165) is 6.26 Å². The van der Waals surface area contributed by atoms with Crippen molar-refractivity contribution in [2.75, 3.05) is 33.0 Å². The number of hydrogen-bond donors (Lipinski definition) is 2. The first-order chi connectivity index (χ1) is 11.8. The van der Waals surface area contributed by atoms with Crippen molar-refractivity contribution >= 4 is 28.2 Å². The van der Waals surface area contributed by atoms with Crippen molar-refractivity contribution < 1.29 is 22.7 Å². The number of benzene rings is 1. The van der Waals surface area contributed by atoms with Gasteiger partial charge >= 0.3 is 0 Å². The van der Waals surface area contributed by atoms with Crippen molar-refractivity contribution in [1.29, 1.82) is 0 Å². The Hall–Kier alpha value is -1.51. The van der Waals surface area contributed by atoms with Gasteiger partial charge in [-0.3, -0.25) is 4.79 Å². The molecule has 1 amide bonds. The van der Waals surface area contributed by atoms with Crippen LogP contribution in [0.4, 0.5) is 0 Å². The monoisotopic (exact) mass is 406 g/mol. The first-order valence-corrected chi connectivity index (χ1v) is 10.2. The van der Waals surface area contributed by atoms with Crippen LogP contribution in [0.2, 0.25) is 0 Å². The van der Waals surface area contributed by atoms with Gasteiger partial charge in [0.25, 0.3) is 0 Å². The maximum absolute atomic E-state index is 12.6. The topological polar surface area (TPSA) is 93.7 Å². The van der Waals surface area contributed by atoms with E-state index >= 15 is 0 Å². The van der Waals surface area contributed by atoms with Gasteiger partial charge in [-0.2, -0.15) is 0 Å². The van der Waals surface area contributed by atoms with Crippen LogP contribution in [0.1, 0.15) is 19.8 Å². The summed E-state index contributed by atoms with van der Waals surface area (Å²) in [7, 11) is -1.94. The van der Waals surface area contributed by atoms with Crippen molar-refractivity contribution in [3.8, 4) is 11.5 Å². The molecule has 1 unspecified atom stereocenters. The summed E-state index contributed by atoms with van der Waals surface area (Å²) in [6, 6.07) is 7.17. The second-order valence-electron chi connectivity index (χ2n) is 6.33. The van der Waals surface area contributed by atoms with E-state index in [1.54, 1.807) is 19.2 Å². The summed E-state index contributed by atoms with van der Waals surface area (Å²) in [6.45, 7) is 3.06. The Bertz CT molecular complexity index is 705. The molecule has 1 heterocycles. The van der Waals surface area contributed by atoms with Gasteiger partial charge in [-0.05, 0) is 45.0 Å². The van der Waals surface area contributed by atoms with Gasteiger partial charge in [0, 0.05) is 12.3 Å². The Morgan fingerprint density at radius 3 is 2.50 bits per heavy atom. The van der Waals surface area contributed by atoms with Crippen molar-refractivity contribution in [3.63, 3.8) is 0 Å². The number of halogens is 1. The van der Waals surface area contributed by atoms with Crippen LogP contribution < -0.4 is 20.1 Å². The number of sulfone groups is 1. The van der Waals surface area contributed by atoms with Gasteiger partial charge in [-0.15, -0.1) is 12.4 Å². The molecule has 0 aromatic heterocycles.